The van der Waals surface area contributed by atoms with Gasteiger partial charge in [-0.2, -0.15) is 0 Å². The average Bonchev–Trinajstić information content (AvgIpc) is 3.10. The maximum Gasteiger partial charge on any atom is 0.167 e. The Morgan fingerprint density at radius 3 is 2.29 bits per heavy atom. The lowest BCUT2D eigenvalue weighted by atomic mass is 10.0. The Balaban J connectivity index is 1.78. The summed E-state index contributed by atoms with van der Waals surface area (Å²) in [6, 6.07) is 18.8. The fraction of sp³-hybridized carbons (Fsp3) is 0.227. The molecule has 0 unspecified atom stereocenters. The highest BCUT2D eigenvalue weighted by Gasteiger charge is 2.09. The highest BCUT2D eigenvalue weighted by molar-refractivity contribution is 5.69. The van der Waals surface area contributed by atoms with Gasteiger partial charge in [-0.15, -0.1) is 0 Å². The minimum atomic E-state index is 0.802. The van der Waals surface area contributed by atoms with Crippen molar-refractivity contribution in [3.8, 4) is 22.6 Å². The van der Waals surface area contributed by atoms with E-state index < -0.39 is 0 Å². The fourth-order valence-electron chi connectivity index (χ4n) is 2.69. The zero-order valence-corrected chi connectivity index (χ0v) is 14.4. The minimum absolute atomic E-state index is 0.802. The van der Waals surface area contributed by atoms with E-state index >= 15 is 0 Å². The van der Waals surface area contributed by atoms with Gasteiger partial charge in [0, 0.05) is 17.2 Å². The lowest BCUT2D eigenvalue weighted by Crippen LogP contribution is -1.84. The van der Waals surface area contributed by atoms with Gasteiger partial charge < -0.3 is 4.52 Å². The summed E-state index contributed by atoms with van der Waals surface area (Å²) >= 11 is 0. The van der Waals surface area contributed by atoms with Crippen molar-refractivity contribution in [3.63, 3.8) is 0 Å². The van der Waals surface area contributed by atoms with E-state index in [2.05, 4.69) is 67.2 Å². The third-order valence-electron chi connectivity index (χ3n) is 4.24. The third-order valence-corrected chi connectivity index (χ3v) is 4.24. The fourth-order valence-corrected chi connectivity index (χ4v) is 2.69. The van der Waals surface area contributed by atoms with Gasteiger partial charge in [0.15, 0.2) is 5.76 Å². The molecule has 0 amide bonds. The smallest absolute Gasteiger partial charge is 0.167 e. The van der Waals surface area contributed by atoms with E-state index in [0.29, 0.717) is 0 Å². The molecule has 0 spiro atoms. The Bertz CT molecular complexity index is 810. The first-order chi connectivity index (χ1) is 11.7. The summed E-state index contributed by atoms with van der Waals surface area (Å²) in [5.41, 5.74) is 6.54. The number of aryl methyl sites for hydroxylation is 1. The van der Waals surface area contributed by atoms with E-state index in [9.17, 15) is 0 Å². The van der Waals surface area contributed by atoms with Gasteiger partial charge in [0.2, 0.25) is 0 Å². The van der Waals surface area contributed by atoms with Gasteiger partial charge in [-0.1, -0.05) is 79.2 Å². The number of aromatic nitrogens is 1. The molecule has 0 N–H and O–H groups in total. The highest BCUT2D eigenvalue weighted by Crippen LogP contribution is 2.27. The van der Waals surface area contributed by atoms with Crippen LogP contribution in [0.25, 0.3) is 28.2 Å². The lowest BCUT2D eigenvalue weighted by molar-refractivity contribution is 0.435. The standard InChI is InChI=1S/C22H23NO/c1-4-5-6-17-7-9-20(10-8-17)22-15-21(23-24-22)19-13-11-18(12-14-19)16(2)3/h7-15H,2,4-6H2,1,3H3. The van der Waals surface area contributed by atoms with E-state index in [1.54, 1.807) is 0 Å². The van der Waals surface area contributed by atoms with Gasteiger partial charge in [-0.05, 0) is 30.9 Å². The lowest BCUT2D eigenvalue weighted by Gasteiger charge is -2.01. The molecule has 2 aromatic carbocycles. The molecule has 2 heteroatoms. The molecule has 0 bridgehead atoms. The van der Waals surface area contributed by atoms with Crippen molar-refractivity contribution in [2.45, 2.75) is 33.1 Å². The van der Waals surface area contributed by atoms with Crippen LogP contribution in [0.3, 0.4) is 0 Å². The van der Waals surface area contributed by atoms with Crippen molar-refractivity contribution in [1.29, 1.82) is 0 Å². The van der Waals surface area contributed by atoms with E-state index in [0.717, 1.165) is 40.1 Å². The van der Waals surface area contributed by atoms with E-state index in [4.69, 9.17) is 4.52 Å². The summed E-state index contributed by atoms with van der Waals surface area (Å²) in [6.07, 6.45) is 3.58. The Kier molecular flexibility index (Phi) is 4.95. The zero-order valence-electron chi connectivity index (χ0n) is 14.4. The van der Waals surface area contributed by atoms with Crippen LogP contribution in [0, 0.1) is 0 Å². The molecule has 0 aliphatic heterocycles. The molecule has 3 rings (SSSR count). The SMILES string of the molecule is C=C(C)c1ccc(-c2cc(-c3ccc(CCCC)cc3)on2)cc1. The van der Waals surface area contributed by atoms with Crippen LogP contribution in [0.1, 0.15) is 37.8 Å². The van der Waals surface area contributed by atoms with Crippen LogP contribution in [-0.2, 0) is 6.42 Å². The van der Waals surface area contributed by atoms with Gasteiger partial charge in [0.25, 0.3) is 0 Å². The molecule has 122 valence electrons. The second kappa shape index (κ2) is 7.31. The molecule has 0 saturated heterocycles. The quantitative estimate of drug-likeness (QED) is 0.527. The van der Waals surface area contributed by atoms with Crippen LogP contribution in [0.2, 0.25) is 0 Å². The summed E-state index contributed by atoms with van der Waals surface area (Å²) in [6.45, 7) is 8.19. The molecule has 0 aliphatic rings. The molecule has 0 radical (unpaired) electrons. The Morgan fingerprint density at radius 1 is 1.00 bits per heavy atom. The molecule has 2 nitrogen and oxygen atoms in total. The summed E-state index contributed by atoms with van der Waals surface area (Å²) in [5, 5.41) is 4.21. The maximum atomic E-state index is 5.54. The second-order valence-corrected chi connectivity index (χ2v) is 6.23. The molecule has 0 aliphatic carbocycles. The van der Waals surface area contributed by atoms with Gasteiger partial charge in [0.1, 0.15) is 5.69 Å². The van der Waals surface area contributed by atoms with Crippen LogP contribution < -0.4 is 0 Å². The Hall–Kier alpha value is -2.61. The van der Waals surface area contributed by atoms with E-state index in [1.807, 2.05) is 13.0 Å². The number of nitrogens with zero attached hydrogens (tertiary/aromatic N) is 1. The van der Waals surface area contributed by atoms with E-state index in [1.165, 1.54) is 18.4 Å². The first-order valence-electron chi connectivity index (χ1n) is 8.49. The number of hydrogen-bond donors (Lipinski definition) is 0. The van der Waals surface area contributed by atoms with Gasteiger partial charge in [-0.3, -0.25) is 0 Å². The monoisotopic (exact) mass is 317 g/mol. The first-order valence-corrected chi connectivity index (χ1v) is 8.49. The molecule has 1 heterocycles. The maximum absolute atomic E-state index is 5.54. The zero-order chi connectivity index (χ0) is 16.9. The molecular formula is C22H23NO. The summed E-state index contributed by atoms with van der Waals surface area (Å²) in [7, 11) is 0. The number of rotatable bonds is 6. The molecule has 0 fully saturated rings. The number of unbranched alkanes of at least 4 members (excludes halogenated alkanes) is 1. The minimum Gasteiger partial charge on any atom is -0.356 e. The molecule has 24 heavy (non-hydrogen) atoms. The largest absolute Gasteiger partial charge is 0.356 e. The van der Waals surface area contributed by atoms with Crippen LogP contribution in [0.15, 0.2) is 65.7 Å². The second-order valence-electron chi connectivity index (χ2n) is 6.23. The molecule has 0 atom stereocenters. The van der Waals surface area contributed by atoms with Crippen molar-refractivity contribution in [2.75, 3.05) is 0 Å². The predicted octanol–water partition coefficient (Wildman–Crippen LogP) is 6.38. The molecule has 1 aromatic heterocycles. The van der Waals surface area contributed by atoms with E-state index in [-0.39, 0.29) is 0 Å². The number of allylic oxidation sites excluding steroid dienone is 1. The summed E-state index contributed by atoms with van der Waals surface area (Å²) in [4.78, 5) is 0. The summed E-state index contributed by atoms with van der Waals surface area (Å²) in [5.74, 6) is 0.802. The third kappa shape index (κ3) is 3.65. The average molecular weight is 317 g/mol. The van der Waals surface area contributed by atoms with Gasteiger partial charge in [-0.25, -0.2) is 0 Å². The molecule has 0 saturated carbocycles. The van der Waals surface area contributed by atoms with Crippen molar-refractivity contribution < 1.29 is 4.52 Å². The van der Waals surface area contributed by atoms with Crippen molar-refractivity contribution >= 4 is 5.57 Å². The van der Waals surface area contributed by atoms with Gasteiger partial charge in [0.05, 0.1) is 0 Å². The number of benzene rings is 2. The van der Waals surface area contributed by atoms with Crippen molar-refractivity contribution in [2.24, 2.45) is 0 Å². The van der Waals surface area contributed by atoms with Crippen molar-refractivity contribution in [1.82, 2.24) is 5.16 Å². The number of hydrogen-bond acceptors (Lipinski definition) is 2. The Labute approximate surface area is 143 Å². The predicted molar refractivity (Wildman–Crippen MR) is 101 cm³/mol. The first kappa shape index (κ1) is 16.3. The Morgan fingerprint density at radius 2 is 1.67 bits per heavy atom. The normalized spacial score (nSPS) is 10.8. The van der Waals surface area contributed by atoms with Crippen LogP contribution >= 0.6 is 0 Å². The molecule has 3 aromatic rings. The highest BCUT2D eigenvalue weighted by atomic mass is 16.5. The van der Waals surface area contributed by atoms with Crippen molar-refractivity contribution in [3.05, 3.63) is 72.3 Å². The van der Waals surface area contributed by atoms with Gasteiger partial charge >= 0.3 is 0 Å². The topological polar surface area (TPSA) is 26.0 Å². The van der Waals surface area contributed by atoms with Crippen LogP contribution in [-0.4, -0.2) is 5.16 Å². The summed E-state index contributed by atoms with van der Waals surface area (Å²) < 4.78 is 5.54. The van der Waals surface area contributed by atoms with Crippen LogP contribution in [0.5, 0.6) is 0 Å². The van der Waals surface area contributed by atoms with Crippen LogP contribution in [0.4, 0.5) is 0 Å². The molecular weight excluding hydrogens is 294 g/mol.